The summed E-state index contributed by atoms with van der Waals surface area (Å²) in [5.41, 5.74) is 2.97. The zero-order valence-electron chi connectivity index (χ0n) is 17.7. The lowest BCUT2D eigenvalue weighted by molar-refractivity contribution is 0.0889. The van der Waals surface area contributed by atoms with Crippen LogP contribution >= 0.6 is 0 Å². The lowest BCUT2D eigenvalue weighted by Gasteiger charge is -2.36. The van der Waals surface area contributed by atoms with Gasteiger partial charge in [0.05, 0.1) is 6.33 Å². The molecule has 4 heterocycles. The molecule has 5 rings (SSSR count). The number of piperidine rings is 1. The van der Waals surface area contributed by atoms with Gasteiger partial charge in [-0.25, -0.2) is 19.9 Å². The lowest BCUT2D eigenvalue weighted by Crippen LogP contribution is -2.45. The predicted molar refractivity (Wildman–Crippen MR) is 118 cm³/mol. The first-order chi connectivity index (χ1) is 15.2. The van der Waals surface area contributed by atoms with E-state index in [-0.39, 0.29) is 18.0 Å². The fourth-order valence-corrected chi connectivity index (χ4v) is 4.44. The van der Waals surface area contributed by atoms with Crippen molar-refractivity contribution in [3.05, 3.63) is 42.2 Å². The molecule has 9 heteroatoms. The molecule has 9 nitrogen and oxygen atoms in total. The molecule has 3 N–H and O–H groups in total. The Morgan fingerprint density at radius 3 is 2.84 bits per heavy atom. The van der Waals surface area contributed by atoms with Crippen LogP contribution < -0.4 is 16.0 Å². The molecule has 0 atom stereocenters. The summed E-state index contributed by atoms with van der Waals surface area (Å²) in [6.07, 6.45) is 7.52. The van der Waals surface area contributed by atoms with Crippen LogP contribution in [-0.4, -0.2) is 56.1 Å². The second-order valence-electron chi connectivity index (χ2n) is 8.58. The molecule has 0 spiro atoms. The maximum absolute atomic E-state index is 12.4. The third-order valence-corrected chi connectivity index (χ3v) is 6.34. The Bertz CT molecular complexity index is 1070. The van der Waals surface area contributed by atoms with Gasteiger partial charge < -0.3 is 20.5 Å². The standard InChI is InChI=1S/C22H28N8O/c1-14-3-2-4-18(28-14)22(31)29-16-9-17(10-16)30-13-27-19-20(25-12-26-21(19)30)24-11-15-5-7-23-8-6-15/h2-4,12-13,15-17,23H,5-11H2,1H3,(H,29,31)(H,24,25,26). The number of pyridine rings is 1. The zero-order chi connectivity index (χ0) is 21.2. The van der Waals surface area contributed by atoms with Crippen LogP contribution in [0.3, 0.4) is 0 Å². The van der Waals surface area contributed by atoms with Crippen molar-refractivity contribution in [1.29, 1.82) is 0 Å². The number of carbonyl (C=O) groups excluding carboxylic acids is 1. The van der Waals surface area contributed by atoms with Crippen LogP contribution in [0.2, 0.25) is 0 Å². The van der Waals surface area contributed by atoms with Crippen molar-refractivity contribution in [1.82, 2.24) is 35.1 Å². The molecule has 1 aliphatic carbocycles. The number of imidazole rings is 1. The van der Waals surface area contributed by atoms with E-state index in [0.29, 0.717) is 11.6 Å². The van der Waals surface area contributed by atoms with E-state index in [9.17, 15) is 4.79 Å². The Morgan fingerprint density at radius 2 is 2.03 bits per heavy atom. The molecular weight excluding hydrogens is 392 g/mol. The van der Waals surface area contributed by atoms with Crippen molar-refractivity contribution in [2.75, 3.05) is 25.0 Å². The minimum Gasteiger partial charge on any atom is -0.368 e. The number of nitrogens with zero attached hydrogens (tertiary/aromatic N) is 5. The zero-order valence-corrected chi connectivity index (χ0v) is 17.7. The first kappa shape index (κ1) is 19.9. The van der Waals surface area contributed by atoms with Gasteiger partial charge in [-0.2, -0.15) is 0 Å². The van der Waals surface area contributed by atoms with Gasteiger partial charge in [-0.3, -0.25) is 4.79 Å². The van der Waals surface area contributed by atoms with Crippen molar-refractivity contribution >= 4 is 22.9 Å². The van der Waals surface area contributed by atoms with Crippen LogP contribution in [0, 0.1) is 12.8 Å². The van der Waals surface area contributed by atoms with Gasteiger partial charge in [0.25, 0.3) is 5.91 Å². The molecule has 0 unspecified atom stereocenters. The average molecular weight is 421 g/mol. The first-order valence-corrected chi connectivity index (χ1v) is 11.0. The third-order valence-electron chi connectivity index (χ3n) is 6.34. The minimum atomic E-state index is -0.116. The predicted octanol–water partition coefficient (Wildman–Crippen LogP) is 2.07. The van der Waals surface area contributed by atoms with Crippen molar-refractivity contribution < 1.29 is 4.79 Å². The normalized spacial score (nSPS) is 21.6. The van der Waals surface area contributed by atoms with Crippen LogP contribution in [0.1, 0.15) is 47.9 Å². The van der Waals surface area contributed by atoms with Crippen LogP contribution in [0.4, 0.5) is 5.82 Å². The number of anilines is 1. The highest BCUT2D eigenvalue weighted by atomic mass is 16.1. The van der Waals surface area contributed by atoms with E-state index in [1.807, 2.05) is 25.4 Å². The van der Waals surface area contributed by atoms with E-state index in [2.05, 4.69) is 40.5 Å². The quantitative estimate of drug-likeness (QED) is 0.560. The summed E-state index contributed by atoms with van der Waals surface area (Å²) >= 11 is 0. The van der Waals surface area contributed by atoms with Crippen LogP contribution in [-0.2, 0) is 0 Å². The molecule has 0 radical (unpaired) electrons. The monoisotopic (exact) mass is 420 g/mol. The molecule has 3 aromatic heterocycles. The van der Waals surface area contributed by atoms with Crippen molar-refractivity contribution in [3.8, 4) is 0 Å². The highest BCUT2D eigenvalue weighted by molar-refractivity contribution is 5.92. The molecule has 3 aromatic rings. The summed E-state index contributed by atoms with van der Waals surface area (Å²) in [5.74, 6) is 1.35. The van der Waals surface area contributed by atoms with Gasteiger partial charge in [0, 0.05) is 24.3 Å². The smallest absolute Gasteiger partial charge is 0.270 e. The maximum atomic E-state index is 12.4. The van der Waals surface area contributed by atoms with Gasteiger partial charge in [0.15, 0.2) is 11.5 Å². The van der Waals surface area contributed by atoms with Crippen molar-refractivity contribution in [3.63, 3.8) is 0 Å². The summed E-state index contributed by atoms with van der Waals surface area (Å²) < 4.78 is 2.11. The summed E-state index contributed by atoms with van der Waals surface area (Å²) in [7, 11) is 0. The Hall–Kier alpha value is -3.07. The Kier molecular flexibility index (Phi) is 5.50. The third kappa shape index (κ3) is 4.23. The summed E-state index contributed by atoms with van der Waals surface area (Å²) in [6.45, 7) is 4.96. The number of rotatable bonds is 6. The minimum absolute atomic E-state index is 0.116. The number of hydrogen-bond donors (Lipinski definition) is 3. The molecule has 2 aliphatic rings. The van der Waals surface area contributed by atoms with Crippen LogP contribution in [0.5, 0.6) is 0 Å². The number of aromatic nitrogens is 5. The summed E-state index contributed by atoms with van der Waals surface area (Å²) in [5, 5.41) is 9.97. The molecule has 162 valence electrons. The number of aryl methyl sites for hydroxylation is 1. The number of amides is 1. The topological polar surface area (TPSA) is 110 Å². The van der Waals surface area contributed by atoms with Gasteiger partial charge in [-0.05, 0) is 63.7 Å². The fraction of sp³-hybridized carbons (Fsp3) is 0.500. The second-order valence-corrected chi connectivity index (χ2v) is 8.58. The van der Waals surface area contributed by atoms with E-state index in [0.717, 1.165) is 55.2 Å². The number of carbonyl (C=O) groups is 1. The van der Waals surface area contributed by atoms with Crippen molar-refractivity contribution in [2.24, 2.45) is 5.92 Å². The number of nitrogens with one attached hydrogen (secondary N) is 3. The van der Waals surface area contributed by atoms with Crippen molar-refractivity contribution in [2.45, 2.75) is 44.7 Å². The molecule has 31 heavy (non-hydrogen) atoms. The Balaban J connectivity index is 1.21. The van der Waals surface area contributed by atoms with Crippen LogP contribution in [0.25, 0.3) is 11.2 Å². The van der Waals surface area contributed by atoms with E-state index in [4.69, 9.17) is 0 Å². The molecule has 0 bridgehead atoms. The highest BCUT2D eigenvalue weighted by Gasteiger charge is 2.33. The summed E-state index contributed by atoms with van der Waals surface area (Å²) in [4.78, 5) is 30.2. The number of fused-ring (bicyclic) bond motifs is 1. The van der Waals surface area contributed by atoms with Gasteiger partial charge in [0.1, 0.15) is 17.5 Å². The first-order valence-electron chi connectivity index (χ1n) is 11.0. The molecule has 1 saturated heterocycles. The maximum Gasteiger partial charge on any atom is 0.270 e. The van der Waals surface area contributed by atoms with Gasteiger partial charge >= 0.3 is 0 Å². The van der Waals surface area contributed by atoms with E-state index < -0.39 is 0 Å². The van der Waals surface area contributed by atoms with Gasteiger partial charge in [0.2, 0.25) is 0 Å². The largest absolute Gasteiger partial charge is 0.368 e. The summed E-state index contributed by atoms with van der Waals surface area (Å²) in [6, 6.07) is 5.90. The lowest BCUT2D eigenvalue weighted by atomic mass is 9.86. The molecular formula is C22H28N8O. The van der Waals surface area contributed by atoms with Gasteiger partial charge in [-0.15, -0.1) is 0 Å². The molecule has 2 fully saturated rings. The van der Waals surface area contributed by atoms with Crippen LogP contribution in [0.15, 0.2) is 30.9 Å². The molecule has 1 aliphatic heterocycles. The molecule has 1 saturated carbocycles. The van der Waals surface area contributed by atoms with E-state index >= 15 is 0 Å². The average Bonchev–Trinajstić information content (AvgIpc) is 3.19. The van der Waals surface area contributed by atoms with Gasteiger partial charge in [-0.1, -0.05) is 6.07 Å². The Morgan fingerprint density at radius 1 is 1.19 bits per heavy atom. The second kappa shape index (κ2) is 8.58. The Labute approximate surface area is 181 Å². The number of hydrogen-bond acceptors (Lipinski definition) is 7. The molecule has 1 amide bonds. The SMILES string of the molecule is Cc1cccc(C(=O)NC2CC(n3cnc4c(NCC5CCNCC5)ncnc43)C2)n1. The fourth-order valence-electron chi connectivity index (χ4n) is 4.44. The molecule has 0 aromatic carbocycles. The van der Waals surface area contributed by atoms with E-state index in [1.54, 1.807) is 12.4 Å². The highest BCUT2D eigenvalue weighted by Crippen LogP contribution is 2.35. The van der Waals surface area contributed by atoms with E-state index in [1.165, 1.54) is 12.8 Å².